The molecule has 1 saturated carbocycles. The summed E-state index contributed by atoms with van der Waals surface area (Å²) in [5, 5.41) is 17.1. The SMILES string of the molecule is CCn1nccc1CNCC1CCC(O)C1. The van der Waals surface area contributed by atoms with Crippen molar-refractivity contribution in [1.82, 2.24) is 15.1 Å². The number of hydrogen-bond donors (Lipinski definition) is 2. The molecular weight excluding hydrogens is 202 g/mol. The molecule has 0 aliphatic heterocycles. The Balaban J connectivity index is 1.72. The van der Waals surface area contributed by atoms with Gasteiger partial charge in [-0.1, -0.05) is 0 Å². The Morgan fingerprint density at radius 1 is 1.56 bits per heavy atom. The summed E-state index contributed by atoms with van der Waals surface area (Å²) in [6.45, 7) is 4.91. The molecule has 90 valence electrons. The van der Waals surface area contributed by atoms with Gasteiger partial charge in [0, 0.05) is 19.3 Å². The van der Waals surface area contributed by atoms with Crippen molar-refractivity contribution in [2.45, 2.75) is 45.4 Å². The summed E-state index contributed by atoms with van der Waals surface area (Å²) < 4.78 is 2.01. The fourth-order valence-electron chi connectivity index (χ4n) is 2.43. The van der Waals surface area contributed by atoms with Crippen LogP contribution in [0.15, 0.2) is 12.3 Å². The van der Waals surface area contributed by atoms with Gasteiger partial charge >= 0.3 is 0 Å². The van der Waals surface area contributed by atoms with E-state index in [2.05, 4.69) is 23.4 Å². The minimum absolute atomic E-state index is 0.0621. The van der Waals surface area contributed by atoms with Crippen molar-refractivity contribution in [2.24, 2.45) is 5.92 Å². The van der Waals surface area contributed by atoms with Gasteiger partial charge < -0.3 is 10.4 Å². The first-order valence-corrected chi connectivity index (χ1v) is 6.19. The predicted octanol–water partition coefficient (Wildman–Crippen LogP) is 1.15. The Hall–Kier alpha value is -0.870. The molecule has 1 aliphatic carbocycles. The number of aryl methyl sites for hydroxylation is 1. The molecule has 0 bridgehead atoms. The number of rotatable bonds is 5. The van der Waals surface area contributed by atoms with E-state index in [0.29, 0.717) is 5.92 Å². The molecule has 1 heterocycles. The van der Waals surface area contributed by atoms with Crippen LogP contribution < -0.4 is 5.32 Å². The number of aliphatic hydroxyl groups excluding tert-OH is 1. The summed E-state index contributed by atoms with van der Waals surface area (Å²) >= 11 is 0. The average molecular weight is 223 g/mol. The van der Waals surface area contributed by atoms with E-state index in [1.165, 1.54) is 5.69 Å². The normalized spacial score (nSPS) is 25.1. The van der Waals surface area contributed by atoms with Gasteiger partial charge in [-0.3, -0.25) is 4.68 Å². The number of aliphatic hydroxyl groups is 1. The van der Waals surface area contributed by atoms with Gasteiger partial charge in [0.1, 0.15) is 0 Å². The Kier molecular flexibility index (Phi) is 3.96. The van der Waals surface area contributed by atoms with Gasteiger partial charge in [-0.2, -0.15) is 5.10 Å². The molecule has 0 amide bonds. The summed E-state index contributed by atoms with van der Waals surface area (Å²) in [5.41, 5.74) is 1.24. The lowest BCUT2D eigenvalue weighted by Gasteiger charge is -2.11. The first-order chi connectivity index (χ1) is 7.79. The van der Waals surface area contributed by atoms with E-state index in [0.717, 1.165) is 38.9 Å². The number of nitrogens with zero attached hydrogens (tertiary/aromatic N) is 2. The molecular formula is C12H21N3O. The highest BCUT2D eigenvalue weighted by atomic mass is 16.3. The zero-order valence-electron chi connectivity index (χ0n) is 9.89. The molecule has 2 N–H and O–H groups in total. The third-order valence-corrected chi connectivity index (χ3v) is 3.36. The second-order valence-electron chi connectivity index (χ2n) is 4.60. The molecule has 2 unspecified atom stereocenters. The maximum atomic E-state index is 9.42. The standard InChI is InChI=1S/C12H21N3O/c1-2-15-11(5-6-14-15)9-13-8-10-3-4-12(16)7-10/h5-6,10,12-13,16H,2-4,7-9H2,1H3. The second-order valence-corrected chi connectivity index (χ2v) is 4.60. The summed E-state index contributed by atoms with van der Waals surface area (Å²) in [6, 6.07) is 2.06. The Morgan fingerprint density at radius 2 is 2.44 bits per heavy atom. The molecule has 0 aromatic carbocycles. The van der Waals surface area contributed by atoms with Crippen molar-refractivity contribution >= 4 is 0 Å². The molecule has 2 rings (SSSR count). The summed E-state index contributed by atoms with van der Waals surface area (Å²) in [6.07, 6.45) is 4.87. The highest BCUT2D eigenvalue weighted by Gasteiger charge is 2.22. The molecule has 4 nitrogen and oxygen atoms in total. The van der Waals surface area contributed by atoms with Crippen molar-refractivity contribution in [3.8, 4) is 0 Å². The van der Waals surface area contributed by atoms with E-state index in [1.807, 2.05) is 10.9 Å². The Bertz CT molecular complexity index is 324. The van der Waals surface area contributed by atoms with Crippen molar-refractivity contribution in [3.63, 3.8) is 0 Å². The van der Waals surface area contributed by atoms with E-state index >= 15 is 0 Å². The number of hydrogen-bond acceptors (Lipinski definition) is 3. The number of aromatic nitrogens is 2. The lowest BCUT2D eigenvalue weighted by Crippen LogP contribution is -2.23. The van der Waals surface area contributed by atoms with Crippen LogP contribution in [0.1, 0.15) is 31.9 Å². The van der Waals surface area contributed by atoms with E-state index in [-0.39, 0.29) is 6.10 Å². The van der Waals surface area contributed by atoms with E-state index in [9.17, 15) is 5.11 Å². The summed E-state index contributed by atoms with van der Waals surface area (Å²) in [4.78, 5) is 0. The molecule has 1 fully saturated rings. The fraction of sp³-hybridized carbons (Fsp3) is 0.750. The van der Waals surface area contributed by atoms with Crippen LogP contribution >= 0.6 is 0 Å². The van der Waals surface area contributed by atoms with Gasteiger partial charge in [-0.05, 0) is 44.7 Å². The number of nitrogens with one attached hydrogen (secondary N) is 1. The maximum Gasteiger partial charge on any atom is 0.0543 e. The molecule has 0 saturated heterocycles. The summed E-state index contributed by atoms with van der Waals surface area (Å²) in [7, 11) is 0. The van der Waals surface area contributed by atoms with E-state index in [4.69, 9.17) is 0 Å². The van der Waals surface area contributed by atoms with Crippen molar-refractivity contribution in [1.29, 1.82) is 0 Å². The summed E-state index contributed by atoms with van der Waals surface area (Å²) in [5.74, 6) is 0.646. The van der Waals surface area contributed by atoms with E-state index in [1.54, 1.807) is 0 Å². The van der Waals surface area contributed by atoms with Crippen LogP contribution in [0.2, 0.25) is 0 Å². The van der Waals surface area contributed by atoms with Crippen LogP contribution in [-0.4, -0.2) is 27.5 Å². The van der Waals surface area contributed by atoms with Crippen molar-refractivity contribution in [3.05, 3.63) is 18.0 Å². The van der Waals surface area contributed by atoms with Gasteiger partial charge in [0.2, 0.25) is 0 Å². The minimum atomic E-state index is -0.0621. The predicted molar refractivity (Wildman–Crippen MR) is 63.0 cm³/mol. The maximum absolute atomic E-state index is 9.42. The first kappa shape index (κ1) is 11.6. The third kappa shape index (κ3) is 2.83. The molecule has 2 atom stereocenters. The van der Waals surface area contributed by atoms with Gasteiger partial charge in [-0.15, -0.1) is 0 Å². The van der Waals surface area contributed by atoms with Crippen LogP contribution in [0.3, 0.4) is 0 Å². The van der Waals surface area contributed by atoms with Gasteiger partial charge in [0.25, 0.3) is 0 Å². The molecule has 1 aliphatic rings. The molecule has 4 heteroatoms. The molecule has 0 radical (unpaired) electrons. The van der Waals surface area contributed by atoms with Crippen molar-refractivity contribution < 1.29 is 5.11 Å². The molecule has 16 heavy (non-hydrogen) atoms. The largest absolute Gasteiger partial charge is 0.393 e. The lowest BCUT2D eigenvalue weighted by molar-refractivity contribution is 0.177. The fourth-order valence-corrected chi connectivity index (χ4v) is 2.43. The monoisotopic (exact) mass is 223 g/mol. The zero-order chi connectivity index (χ0) is 11.4. The van der Waals surface area contributed by atoms with Gasteiger partial charge in [0.15, 0.2) is 0 Å². The average Bonchev–Trinajstić information content (AvgIpc) is 2.87. The highest BCUT2D eigenvalue weighted by Crippen LogP contribution is 2.24. The first-order valence-electron chi connectivity index (χ1n) is 6.19. The quantitative estimate of drug-likeness (QED) is 0.787. The van der Waals surface area contributed by atoms with Crippen LogP contribution in [0.25, 0.3) is 0 Å². The Labute approximate surface area is 96.7 Å². The second kappa shape index (κ2) is 5.46. The smallest absolute Gasteiger partial charge is 0.0543 e. The van der Waals surface area contributed by atoms with Crippen LogP contribution in [-0.2, 0) is 13.1 Å². The van der Waals surface area contributed by atoms with Crippen LogP contribution in [0, 0.1) is 5.92 Å². The molecule has 1 aromatic heterocycles. The van der Waals surface area contributed by atoms with Gasteiger partial charge in [0.05, 0.1) is 11.8 Å². The Morgan fingerprint density at radius 3 is 3.12 bits per heavy atom. The van der Waals surface area contributed by atoms with Crippen LogP contribution in [0.5, 0.6) is 0 Å². The topological polar surface area (TPSA) is 50.1 Å². The molecule has 0 spiro atoms. The minimum Gasteiger partial charge on any atom is -0.393 e. The van der Waals surface area contributed by atoms with Gasteiger partial charge in [-0.25, -0.2) is 0 Å². The third-order valence-electron chi connectivity index (χ3n) is 3.36. The molecule has 1 aromatic rings. The van der Waals surface area contributed by atoms with Crippen molar-refractivity contribution in [2.75, 3.05) is 6.54 Å². The zero-order valence-corrected chi connectivity index (χ0v) is 9.89. The van der Waals surface area contributed by atoms with Crippen LogP contribution in [0.4, 0.5) is 0 Å². The van der Waals surface area contributed by atoms with E-state index < -0.39 is 0 Å². The highest BCUT2D eigenvalue weighted by molar-refractivity contribution is 4.99. The lowest BCUT2D eigenvalue weighted by atomic mass is 10.1.